The van der Waals surface area contributed by atoms with Crippen molar-refractivity contribution < 1.29 is 9.90 Å². The molecule has 0 aliphatic rings. The molecule has 0 fully saturated rings. The van der Waals surface area contributed by atoms with Crippen LogP contribution in [0.2, 0.25) is 0 Å². The van der Waals surface area contributed by atoms with Gasteiger partial charge in [-0.25, -0.2) is 0 Å². The Morgan fingerprint density at radius 2 is 1.95 bits per heavy atom. The molecule has 1 amide bonds. The van der Waals surface area contributed by atoms with E-state index >= 15 is 0 Å². The Morgan fingerprint density at radius 1 is 1.37 bits per heavy atom. The number of amides is 1. The van der Waals surface area contributed by atoms with Gasteiger partial charge in [0.25, 0.3) is 0 Å². The molecule has 1 aromatic rings. The molecule has 0 aliphatic heterocycles. The molecule has 1 aromatic carbocycles. The molecule has 0 bridgehead atoms. The van der Waals surface area contributed by atoms with Gasteiger partial charge in [-0.2, -0.15) is 0 Å². The molecule has 0 aromatic heterocycles. The number of aliphatic hydroxyl groups excluding tert-OH is 1. The molecular formula is C15H24N2O2. The quantitative estimate of drug-likeness (QED) is 0.825. The molecule has 0 saturated carbocycles. The predicted molar refractivity (Wildman–Crippen MR) is 78.3 cm³/mol. The highest BCUT2D eigenvalue weighted by molar-refractivity contribution is 5.93. The number of hydrogen-bond donors (Lipinski definition) is 2. The van der Waals surface area contributed by atoms with Gasteiger partial charge in [-0.1, -0.05) is 18.2 Å². The second kappa shape index (κ2) is 7.26. The van der Waals surface area contributed by atoms with E-state index in [2.05, 4.69) is 5.32 Å². The standard InChI is InChI=1S/C15H24N2O2/c1-11-6-5-7-12(2)15(11)16-14(19)10-17(4)9-8-13(3)18/h5-7,13,18H,8-10H2,1-4H3,(H,16,19). The lowest BCUT2D eigenvalue weighted by atomic mass is 10.1. The monoisotopic (exact) mass is 264 g/mol. The summed E-state index contributed by atoms with van der Waals surface area (Å²) in [7, 11) is 1.88. The van der Waals surface area contributed by atoms with Crippen LogP contribution in [-0.2, 0) is 4.79 Å². The number of hydrogen-bond acceptors (Lipinski definition) is 3. The van der Waals surface area contributed by atoms with E-state index in [4.69, 9.17) is 0 Å². The summed E-state index contributed by atoms with van der Waals surface area (Å²) in [6, 6.07) is 5.95. The van der Waals surface area contributed by atoms with Crippen LogP contribution in [0.15, 0.2) is 18.2 Å². The van der Waals surface area contributed by atoms with Crippen LogP contribution < -0.4 is 5.32 Å². The number of carbonyl (C=O) groups excluding carboxylic acids is 1. The minimum Gasteiger partial charge on any atom is -0.393 e. The fourth-order valence-corrected chi connectivity index (χ4v) is 1.92. The van der Waals surface area contributed by atoms with Crippen LogP contribution in [0.1, 0.15) is 24.5 Å². The Balaban J connectivity index is 2.51. The highest BCUT2D eigenvalue weighted by Crippen LogP contribution is 2.19. The number of nitrogens with zero attached hydrogens (tertiary/aromatic N) is 1. The van der Waals surface area contributed by atoms with Crippen LogP contribution in [-0.4, -0.2) is 42.2 Å². The molecule has 2 N–H and O–H groups in total. The maximum atomic E-state index is 12.0. The first-order valence-corrected chi connectivity index (χ1v) is 6.63. The Bertz CT molecular complexity index is 410. The summed E-state index contributed by atoms with van der Waals surface area (Å²) < 4.78 is 0. The summed E-state index contributed by atoms with van der Waals surface area (Å²) in [5, 5.41) is 12.2. The molecular weight excluding hydrogens is 240 g/mol. The van der Waals surface area contributed by atoms with E-state index in [0.717, 1.165) is 16.8 Å². The van der Waals surface area contributed by atoms with Crippen molar-refractivity contribution in [1.29, 1.82) is 0 Å². The minimum absolute atomic E-state index is 0.0227. The molecule has 106 valence electrons. The smallest absolute Gasteiger partial charge is 0.238 e. The lowest BCUT2D eigenvalue weighted by molar-refractivity contribution is -0.117. The number of para-hydroxylation sites is 1. The molecule has 0 radical (unpaired) electrons. The average Bonchev–Trinajstić information content (AvgIpc) is 2.31. The normalized spacial score (nSPS) is 12.5. The third kappa shape index (κ3) is 5.41. The van der Waals surface area contributed by atoms with Gasteiger partial charge >= 0.3 is 0 Å². The highest BCUT2D eigenvalue weighted by Gasteiger charge is 2.10. The summed E-state index contributed by atoms with van der Waals surface area (Å²) in [6.45, 7) is 6.77. The number of benzene rings is 1. The fourth-order valence-electron chi connectivity index (χ4n) is 1.92. The largest absolute Gasteiger partial charge is 0.393 e. The van der Waals surface area contributed by atoms with E-state index in [-0.39, 0.29) is 12.0 Å². The van der Waals surface area contributed by atoms with Crippen LogP contribution in [0, 0.1) is 13.8 Å². The van der Waals surface area contributed by atoms with Gasteiger partial charge < -0.3 is 10.4 Å². The van der Waals surface area contributed by atoms with Gasteiger partial charge in [-0.3, -0.25) is 9.69 Å². The van der Waals surface area contributed by atoms with Gasteiger partial charge in [-0.05, 0) is 45.4 Å². The van der Waals surface area contributed by atoms with Crippen LogP contribution >= 0.6 is 0 Å². The lowest BCUT2D eigenvalue weighted by Crippen LogP contribution is -2.32. The van der Waals surface area contributed by atoms with Crippen LogP contribution in [0.3, 0.4) is 0 Å². The third-order valence-corrected chi connectivity index (χ3v) is 3.09. The Kier molecular flexibility index (Phi) is 5.99. The van der Waals surface area contributed by atoms with Crippen molar-refractivity contribution in [3.8, 4) is 0 Å². The predicted octanol–water partition coefficient (Wildman–Crippen LogP) is 1.94. The molecule has 4 nitrogen and oxygen atoms in total. The van der Waals surface area contributed by atoms with Crippen LogP contribution in [0.4, 0.5) is 5.69 Å². The van der Waals surface area contributed by atoms with Crippen molar-refractivity contribution in [3.05, 3.63) is 29.3 Å². The Labute approximate surface area is 115 Å². The van der Waals surface area contributed by atoms with E-state index in [1.54, 1.807) is 6.92 Å². The van der Waals surface area contributed by atoms with E-state index in [1.807, 2.05) is 44.0 Å². The third-order valence-electron chi connectivity index (χ3n) is 3.09. The SMILES string of the molecule is Cc1cccc(C)c1NC(=O)CN(C)CCC(C)O. The number of rotatable bonds is 6. The Hall–Kier alpha value is -1.39. The van der Waals surface area contributed by atoms with Gasteiger partial charge in [0.2, 0.25) is 5.91 Å². The van der Waals surface area contributed by atoms with Crippen LogP contribution in [0.5, 0.6) is 0 Å². The first kappa shape index (κ1) is 15.7. The van der Waals surface area contributed by atoms with Crippen molar-refractivity contribution >= 4 is 11.6 Å². The highest BCUT2D eigenvalue weighted by atomic mass is 16.3. The van der Waals surface area contributed by atoms with Crippen molar-refractivity contribution in [1.82, 2.24) is 4.90 Å². The Morgan fingerprint density at radius 3 is 2.47 bits per heavy atom. The summed E-state index contributed by atoms with van der Waals surface area (Å²) in [5.74, 6) is -0.0227. The number of aryl methyl sites for hydroxylation is 2. The molecule has 1 unspecified atom stereocenters. The van der Waals surface area contributed by atoms with Crippen molar-refractivity contribution in [2.75, 3.05) is 25.5 Å². The number of carbonyl (C=O) groups is 1. The molecule has 19 heavy (non-hydrogen) atoms. The topological polar surface area (TPSA) is 52.6 Å². The van der Waals surface area contributed by atoms with Gasteiger partial charge in [0.05, 0.1) is 12.6 Å². The van der Waals surface area contributed by atoms with Crippen molar-refractivity contribution in [2.45, 2.75) is 33.3 Å². The molecule has 0 heterocycles. The number of anilines is 1. The summed E-state index contributed by atoms with van der Waals surface area (Å²) >= 11 is 0. The summed E-state index contributed by atoms with van der Waals surface area (Å²) in [6.07, 6.45) is 0.344. The second-order valence-corrected chi connectivity index (χ2v) is 5.19. The zero-order valence-corrected chi connectivity index (χ0v) is 12.2. The number of likely N-dealkylation sites (N-methyl/N-ethyl adjacent to an activating group) is 1. The van der Waals surface area contributed by atoms with Crippen molar-refractivity contribution in [3.63, 3.8) is 0 Å². The fraction of sp³-hybridized carbons (Fsp3) is 0.533. The second-order valence-electron chi connectivity index (χ2n) is 5.19. The maximum absolute atomic E-state index is 12.0. The van der Waals surface area contributed by atoms with Gasteiger partial charge in [0.15, 0.2) is 0 Å². The average molecular weight is 264 g/mol. The van der Waals surface area contributed by atoms with Crippen LogP contribution in [0.25, 0.3) is 0 Å². The number of aliphatic hydroxyl groups is 1. The van der Waals surface area contributed by atoms with E-state index in [0.29, 0.717) is 19.5 Å². The lowest BCUT2D eigenvalue weighted by Gasteiger charge is -2.18. The summed E-state index contributed by atoms with van der Waals surface area (Å²) in [4.78, 5) is 13.9. The molecule has 0 saturated heterocycles. The first-order valence-electron chi connectivity index (χ1n) is 6.63. The minimum atomic E-state index is -0.330. The first-order chi connectivity index (χ1) is 8.90. The van der Waals surface area contributed by atoms with E-state index < -0.39 is 0 Å². The van der Waals surface area contributed by atoms with Gasteiger partial charge in [-0.15, -0.1) is 0 Å². The number of nitrogens with one attached hydrogen (secondary N) is 1. The summed E-state index contributed by atoms with van der Waals surface area (Å²) in [5.41, 5.74) is 3.04. The molecule has 1 atom stereocenters. The zero-order chi connectivity index (χ0) is 14.4. The van der Waals surface area contributed by atoms with Gasteiger partial charge in [0.1, 0.15) is 0 Å². The van der Waals surface area contributed by atoms with E-state index in [9.17, 15) is 9.90 Å². The molecule has 4 heteroatoms. The van der Waals surface area contributed by atoms with Crippen molar-refractivity contribution in [2.24, 2.45) is 0 Å². The molecule has 0 spiro atoms. The zero-order valence-electron chi connectivity index (χ0n) is 12.2. The van der Waals surface area contributed by atoms with Gasteiger partial charge in [0, 0.05) is 12.2 Å². The maximum Gasteiger partial charge on any atom is 0.238 e. The van der Waals surface area contributed by atoms with E-state index in [1.165, 1.54) is 0 Å². The molecule has 1 rings (SSSR count). The molecule has 0 aliphatic carbocycles.